The van der Waals surface area contributed by atoms with Gasteiger partial charge in [0, 0.05) is 0 Å². The van der Waals surface area contributed by atoms with E-state index in [1.54, 1.807) is 0 Å². The average molecular weight is 2520 g/mol. The molecule has 0 rings (SSSR count). The zero-order valence-corrected chi connectivity index (χ0v) is 52.8. The Morgan fingerprint density at radius 1 is 0.321 bits per heavy atom. The Kier molecular flexibility index (Phi) is 23.1. The molecule has 0 aromatic carbocycles. The third kappa shape index (κ3) is 8.77. The smallest absolute Gasteiger partial charge is 0.0686 e. The lowest BCUT2D eigenvalue weighted by atomic mass is 10.1. The van der Waals surface area contributed by atoms with E-state index in [-0.39, 0.29) is 9.43 Å². The minimum atomic E-state index is -0.0525. The molecule has 0 atom stereocenters. The van der Waals surface area contributed by atoms with Crippen molar-refractivity contribution in [3.8, 4) is 0 Å². The average Bonchev–Trinajstić information content (AvgIpc) is 2.44. The molecule has 0 unspecified atom stereocenters. The SMILES string of the molecule is IC(I)C(I)(I)C(I)(I)C(I)(I)C(I)(I)C(I)(I)C(I)(I)C(I)(I)C(I)(I)I. The molecule has 19 heteroatoms. The molecule has 0 aliphatic carbocycles. The Labute approximate surface area is 426 Å². The van der Waals surface area contributed by atoms with Crippen molar-refractivity contribution in [2.45, 2.75) is 11.4 Å². The fourth-order valence-electron chi connectivity index (χ4n) is 1.31. The predicted octanol–water partition coefficient (Wildman–Crippen LogP) is 15.1. The van der Waals surface area contributed by atoms with E-state index in [1.165, 1.54) is 0 Å². The van der Waals surface area contributed by atoms with Gasteiger partial charge >= 0.3 is 0 Å². The van der Waals surface area contributed by atoms with Crippen LogP contribution < -0.4 is 0 Å². The van der Waals surface area contributed by atoms with E-state index in [9.17, 15) is 0 Å². The summed E-state index contributed by atoms with van der Waals surface area (Å²) in [6.45, 7) is 0. The second-order valence-corrected chi connectivity index (χ2v) is 58.1. The highest BCUT2D eigenvalue weighted by molar-refractivity contribution is 14.3. The van der Waals surface area contributed by atoms with Gasteiger partial charge in [0.25, 0.3) is 0 Å². The van der Waals surface area contributed by atoms with E-state index in [4.69, 9.17) is 0 Å². The number of hydrogen-bond donors (Lipinski definition) is 0. The standard InChI is InChI=1S/C9HI19/c10-1(11)2(12,13)3(14,15)4(16,17)5(18,19)6(20,21)7(22,23)8(24,25)9(26,27)28/h1H. The molecule has 0 aliphatic heterocycles. The first kappa shape index (κ1) is 41.9. The Bertz CT molecular complexity index is 564. The van der Waals surface area contributed by atoms with Gasteiger partial charge in [0.1, 0.15) is 9.43 Å². The largest absolute Gasteiger partial charge is 0.149 e. The summed E-state index contributed by atoms with van der Waals surface area (Å²) in [7, 11) is 0. The van der Waals surface area contributed by atoms with E-state index in [0.29, 0.717) is 1.93 Å². The third-order valence-corrected chi connectivity index (χ3v) is 65.4. The summed E-state index contributed by atoms with van der Waals surface area (Å²) in [5.74, 6) is 0. The van der Waals surface area contributed by atoms with E-state index >= 15 is 0 Å². The summed E-state index contributed by atoms with van der Waals surface area (Å²) in [6, 6.07) is 0. The van der Waals surface area contributed by atoms with E-state index in [2.05, 4.69) is 429 Å². The molecule has 0 N–H and O–H groups in total. The normalized spacial score (nSPS) is 16.7. The van der Waals surface area contributed by atoms with Crippen molar-refractivity contribution in [1.29, 1.82) is 0 Å². The van der Waals surface area contributed by atoms with Crippen LogP contribution in [0.3, 0.4) is 0 Å². The second kappa shape index (κ2) is 15.4. The number of rotatable bonds is 8. The summed E-state index contributed by atoms with van der Waals surface area (Å²) in [6.07, 6.45) is 0. The summed E-state index contributed by atoms with van der Waals surface area (Å²) in [4.78, 5) is 0. The van der Waals surface area contributed by atoms with Crippen LogP contribution in [0.15, 0.2) is 0 Å². The van der Waals surface area contributed by atoms with Gasteiger partial charge in [-0.1, -0.05) is 429 Å². The molecule has 28 heavy (non-hydrogen) atoms. The van der Waals surface area contributed by atoms with Crippen molar-refractivity contribution in [2.24, 2.45) is 0 Å². The van der Waals surface area contributed by atoms with Gasteiger partial charge in [0.05, 0.1) is 1.93 Å². The fraction of sp³-hybridized carbons (Fsp3) is 1.00. The molecule has 0 nitrogen and oxygen atoms in total. The van der Waals surface area contributed by atoms with Crippen LogP contribution in [0.25, 0.3) is 0 Å². The van der Waals surface area contributed by atoms with Gasteiger partial charge in [-0.05, 0) is 0 Å². The molecule has 0 aliphatic rings. The van der Waals surface area contributed by atoms with Crippen LogP contribution in [0.2, 0.25) is 0 Å². The van der Waals surface area contributed by atoms with Crippen LogP contribution in [0.5, 0.6) is 0 Å². The minimum absolute atomic E-state index is 0.00735. The van der Waals surface area contributed by atoms with Crippen LogP contribution in [-0.4, -0.2) is 11.4 Å². The topological polar surface area (TPSA) is 0 Å². The lowest BCUT2D eigenvalue weighted by Gasteiger charge is -2.58. The van der Waals surface area contributed by atoms with Crippen molar-refractivity contribution < 1.29 is 0 Å². The first-order valence-electron chi connectivity index (χ1n) is 5.69. The molecular formula is C9HI19. The van der Waals surface area contributed by atoms with Crippen molar-refractivity contribution in [1.82, 2.24) is 0 Å². The summed E-state index contributed by atoms with van der Waals surface area (Å²) in [5, 5.41) is 0. The minimum Gasteiger partial charge on any atom is -0.0686 e. The molecule has 0 heterocycles. The van der Waals surface area contributed by atoms with Gasteiger partial charge in [-0.3, -0.25) is 0 Å². The first-order valence-corrected chi connectivity index (χ1v) is 26.5. The third-order valence-electron chi connectivity index (χ3n) is 3.02. The Morgan fingerprint density at radius 3 is 0.750 bits per heavy atom. The van der Waals surface area contributed by atoms with Gasteiger partial charge < -0.3 is 0 Å². The van der Waals surface area contributed by atoms with Gasteiger partial charge in [-0.15, -0.1) is 0 Å². The molecule has 0 bridgehead atoms. The highest BCUT2D eigenvalue weighted by Crippen LogP contribution is 2.79. The zero-order valence-electron chi connectivity index (χ0n) is 11.8. The summed E-state index contributed by atoms with van der Waals surface area (Å²) < 4.78 is 0.530. The summed E-state index contributed by atoms with van der Waals surface area (Å²) >= 11 is 51.1. The van der Waals surface area contributed by atoms with Crippen LogP contribution in [0.1, 0.15) is 0 Å². The molecule has 170 valence electrons. The maximum Gasteiger partial charge on any atom is 0.149 e. The molecule has 0 saturated carbocycles. The molecule has 0 fully saturated rings. The molecule has 0 aromatic heterocycles. The first-order chi connectivity index (χ1) is 11.7. The molecule has 0 spiro atoms. The lowest BCUT2D eigenvalue weighted by Crippen LogP contribution is -2.67. The second-order valence-electron chi connectivity index (χ2n) is 4.87. The van der Waals surface area contributed by atoms with Crippen LogP contribution in [-0.2, 0) is 0 Å². The van der Waals surface area contributed by atoms with Gasteiger partial charge in [0.2, 0.25) is 0 Å². The maximum atomic E-state index is 2.76. The Balaban J connectivity index is 6.72. The van der Waals surface area contributed by atoms with E-state index in [1.807, 2.05) is 0 Å². The molecule has 0 aromatic rings. The van der Waals surface area contributed by atoms with Gasteiger partial charge in [-0.25, -0.2) is 0 Å². The Morgan fingerprint density at radius 2 is 0.536 bits per heavy atom. The number of alkyl halides is 19. The van der Waals surface area contributed by atoms with Crippen molar-refractivity contribution in [2.75, 3.05) is 0 Å². The quantitative estimate of drug-likeness (QED) is 0.168. The predicted molar refractivity (Wildman–Crippen MR) is 292 cm³/mol. The van der Waals surface area contributed by atoms with Crippen molar-refractivity contribution >= 4 is 429 Å². The fourth-order valence-corrected chi connectivity index (χ4v) is 28.8. The molecule has 0 radical (unpaired) electrons. The maximum absolute atomic E-state index is 2.76. The highest BCUT2D eigenvalue weighted by Gasteiger charge is 2.76. The van der Waals surface area contributed by atoms with E-state index in [0.717, 1.165) is 0 Å². The molecular weight excluding hydrogens is 2520 g/mol. The highest BCUT2D eigenvalue weighted by atomic mass is 127. The van der Waals surface area contributed by atoms with Crippen molar-refractivity contribution in [3.63, 3.8) is 0 Å². The van der Waals surface area contributed by atoms with E-state index < -0.39 is 0 Å². The monoisotopic (exact) mass is 2520 g/mol. The van der Waals surface area contributed by atoms with Gasteiger partial charge in [0.15, 0.2) is 0 Å². The molecule has 0 amide bonds. The Hall–Kier alpha value is 13.9. The van der Waals surface area contributed by atoms with Crippen LogP contribution >= 0.6 is 429 Å². The lowest BCUT2D eigenvalue weighted by molar-refractivity contribution is 0.679. The van der Waals surface area contributed by atoms with Crippen molar-refractivity contribution in [3.05, 3.63) is 0 Å². The zero-order chi connectivity index (χ0) is 23.6. The number of hydrogen-bond acceptors (Lipinski definition) is 0. The molecule has 0 saturated heterocycles. The number of halogens is 19. The summed E-state index contributed by atoms with van der Waals surface area (Å²) in [5.41, 5.74) is 0. The van der Waals surface area contributed by atoms with Crippen LogP contribution in [0.4, 0.5) is 0 Å². The van der Waals surface area contributed by atoms with Gasteiger partial charge in [-0.2, -0.15) is 0 Å². The van der Waals surface area contributed by atoms with Crippen LogP contribution in [0, 0.1) is 0 Å².